The van der Waals surface area contributed by atoms with Gasteiger partial charge in [0.25, 0.3) is 0 Å². The summed E-state index contributed by atoms with van der Waals surface area (Å²) in [6.45, 7) is 9.20. The molecule has 0 fully saturated rings. The second-order valence-electron chi connectivity index (χ2n) is 4.80. The van der Waals surface area contributed by atoms with Crippen molar-refractivity contribution >= 4 is 15.5 Å². The van der Waals surface area contributed by atoms with Crippen LogP contribution in [0.25, 0.3) is 0 Å². The van der Waals surface area contributed by atoms with Crippen molar-refractivity contribution < 1.29 is 8.42 Å². The van der Waals surface area contributed by atoms with Crippen LogP contribution in [0.3, 0.4) is 0 Å². The fraction of sp³-hybridized carbons (Fsp3) is 0.571. The molecule has 0 aromatic heterocycles. The van der Waals surface area contributed by atoms with Crippen LogP contribution >= 0.6 is 0 Å². The van der Waals surface area contributed by atoms with E-state index >= 15 is 0 Å². The topological polar surface area (TPSA) is 49.4 Å². The first kappa shape index (κ1) is 16.0. The average molecular weight is 284 g/mol. The predicted molar refractivity (Wildman–Crippen MR) is 80.4 cm³/mol. The van der Waals surface area contributed by atoms with Gasteiger partial charge in [-0.1, -0.05) is 26.0 Å². The Morgan fingerprint density at radius 1 is 1.21 bits per heavy atom. The van der Waals surface area contributed by atoms with E-state index in [1.54, 1.807) is 12.1 Å². The van der Waals surface area contributed by atoms with Crippen LogP contribution in [0, 0.1) is 0 Å². The molecule has 0 saturated carbocycles. The van der Waals surface area contributed by atoms with Crippen LogP contribution in [0.4, 0.5) is 5.69 Å². The number of nitrogens with one attached hydrogen (secondary N) is 1. The van der Waals surface area contributed by atoms with Crippen LogP contribution < -0.4 is 5.32 Å². The van der Waals surface area contributed by atoms with E-state index in [1.165, 1.54) is 6.26 Å². The number of sulfone groups is 1. The van der Waals surface area contributed by atoms with E-state index in [0.717, 1.165) is 19.6 Å². The van der Waals surface area contributed by atoms with Crippen LogP contribution in [0.2, 0.25) is 0 Å². The lowest BCUT2D eigenvalue weighted by Gasteiger charge is -2.24. The Balaban J connectivity index is 2.83. The monoisotopic (exact) mass is 284 g/mol. The van der Waals surface area contributed by atoms with Crippen LogP contribution in [-0.2, 0) is 9.84 Å². The van der Waals surface area contributed by atoms with Gasteiger partial charge in [-0.25, -0.2) is 8.42 Å². The van der Waals surface area contributed by atoms with Crippen LogP contribution in [0.1, 0.15) is 20.8 Å². The van der Waals surface area contributed by atoms with E-state index < -0.39 is 9.84 Å². The highest BCUT2D eigenvalue weighted by molar-refractivity contribution is 7.90. The zero-order chi connectivity index (χ0) is 14.5. The highest BCUT2D eigenvalue weighted by Crippen LogP contribution is 2.21. The molecule has 1 aromatic carbocycles. The summed E-state index contributed by atoms with van der Waals surface area (Å²) >= 11 is 0. The first-order valence-corrected chi connectivity index (χ1v) is 8.55. The second-order valence-corrected chi connectivity index (χ2v) is 6.78. The number of rotatable bonds is 7. The number of likely N-dealkylation sites (N-methyl/N-ethyl adjacent to an activating group) is 1. The van der Waals surface area contributed by atoms with Gasteiger partial charge in [-0.3, -0.25) is 0 Å². The van der Waals surface area contributed by atoms with Crippen molar-refractivity contribution in [2.75, 3.05) is 31.2 Å². The molecule has 0 aliphatic heterocycles. The molecule has 0 amide bonds. The van der Waals surface area contributed by atoms with Crippen molar-refractivity contribution in [3.05, 3.63) is 24.3 Å². The lowest BCUT2D eigenvalue weighted by molar-refractivity contribution is 0.294. The van der Waals surface area contributed by atoms with E-state index in [0.29, 0.717) is 10.6 Å². The van der Waals surface area contributed by atoms with Crippen molar-refractivity contribution in [1.29, 1.82) is 0 Å². The molecule has 4 nitrogen and oxygen atoms in total. The Labute approximate surface area is 116 Å². The number of para-hydroxylation sites is 1. The smallest absolute Gasteiger partial charge is 0.177 e. The fourth-order valence-corrected chi connectivity index (χ4v) is 2.94. The van der Waals surface area contributed by atoms with Gasteiger partial charge in [-0.15, -0.1) is 0 Å². The molecular weight excluding hydrogens is 260 g/mol. The minimum absolute atomic E-state index is 0.197. The van der Waals surface area contributed by atoms with Gasteiger partial charge in [0.05, 0.1) is 10.6 Å². The minimum atomic E-state index is -3.19. The highest BCUT2D eigenvalue weighted by atomic mass is 32.2. The van der Waals surface area contributed by atoms with Gasteiger partial charge in [-0.2, -0.15) is 0 Å². The predicted octanol–water partition coefficient (Wildman–Crippen LogP) is 2.23. The van der Waals surface area contributed by atoms with E-state index in [2.05, 4.69) is 31.0 Å². The van der Waals surface area contributed by atoms with Gasteiger partial charge in [0, 0.05) is 18.8 Å². The molecule has 19 heavy (non-hydrogen) atoms. The Morgan fingerprint density at radius 3 is 2.32 bits per heavy atom. The van der Waals surface area contributed by atoms with E-state index in [9.17, 15) is 8.42 Å². The van der Waals surface area contributed by atoms with Gasteiger partial charge in [0.15, 0.2) is 9.84 Å². The van der Waals surface area contributed by atoms with Crippen LogP contribution in [-0.4, -0.2) is 45.2 Å². The Kier molecular flexibility index (Phi) is 5.82. The second kappa shape index (κ2) is 6.91. The molecule has 5 heteroatoms. The summed E-state index contributed by atoms with van der Waals surface area (Å²) in [6.07, 6.45) is 1.24. The van der Waals surface area contributed by atoms with E-state index in [4.69, 9.17) is 0 Å². The van der Waals surface area contributed by atoms with Crippen molar-refractivity contribution in [2.45, 2.75) is 31.7 Å². The maximum absolute atomic E-state index is 11.7. The highest BCUT2D eigenvalue weighted by Gasteiger charge is 2.14. The third-order valence-corrected chi connectivity index (χ3v) is 4.27. The molecule has 1 aromatic rings. The number of anilines is 1. The largest absolute Gasteiger partial charge is 0.380 e. The molecule has 0 bridgehead atoms. The summed E-state index contributed by atoms with van der Waals surface area (Å²) in [6, 6.07) is 7.25. The first-order chi connectivity index (χ1) is 8.88. The molecule has 0 heterocycles. The molecule has 1 unspecified atom stereocenters. The average Bonchev–Trinajstić information content (AvgIpc) is 2.35. The van der Waals surface area contributed by atoms with Gasteiger partial charge < -0.3 is 10.2 Å². The number of benzene rings is 1. The van der Waals surface area contributed by atoms with Crippen molar-refractivity contribution in [3.8, 4) is 0 Å². The molecule has 1 rings (SSSR count). The Bertz CT molecular complexity index is 496. The van der Waals surface area contributed by atoms with Crippen LogP contribution in [0.15, 0.2) is 29.2 Å². The Hall–Kier alpha value is -1.07. The maximum Gasteiger partial charge on any atom is 0.177 e. The summed E-state index contributed by atoms with van der Waals surface area (Å²) in [5.74, 6) is 0. The molecule has 0 aliphatic rings. The number of nitrogens with zero attached hydrogens (tertiary/aromatic N) is 1. The van der Waals surface area contributed by atoms with E-state index in [1.807, 2.05) is 12.1 Å². The van der Waals surface area contributed by atoms with E-state index in [-0.39, 0.29) is 6.04 Å². The molecule has 1 atom stereocenters. The SMILES string of the molecule is CCN(CC)CC(C)Nc1ccccc1S(C)(=O)=O. The third kappa shape index (κ3) is 4.84. The third-order valence-electron chi connectivity index (χ3n) is 3.11. The quantitative estimate of drug-likeness (QED) is 0.834. The van der Waals surface area contributed by atoms with Crippen molar-refractivity contribution in [1.82, 2.24) is 4.90 Å². The lowest BCUT2D eigenvalue weighted by Crippen LogP contribution is -2.35. The summed E-state index contributed by atoms with van der Waals surface area (Å²) in [4.78, 5) is 2.67. The van der Waals surface area contributed by atoms with Crippen molar-refractivity contribution in [2.24, 2.45) is 0 Å². The number of hydrogen-bond acceptors (Lipinski definition) is 4. The number of hydrogen-bond donors (Lipinski definition) is 1. The Morgan fingerprint density at radius 2 is 1.79 bits per heavy atom. The van der Waals surface area contributed by atoms with Gasteiger partial charge in [0.1, 0.15) is 0 Å². The van der Waals surface area contributed by atoms with Gasteiger partial charge in [-0.05, 0) is 32.1 Å². The molecule has 108 valence electrons. The molecule has 0 spiro atoms. The van der Waals surface area contributed by atoms with Gasteiger partial charge in [0.2, 0.25) is 0 Å². The summed E-state index contributed by atoms with van der Waals surface area (Å²) in [7, 11) is -3.19. The molecule has 0 radical (unpaired) electrons. The summed E-state index contributed by atoms with van der Waals surface area (Å²) < 4.78 is 23.4. The molecule has 0 saturated heterocycles. The zero-order valence-corrected chi connectivity index (χ0v) is 13.0. The van der Waals surface area contributed by atoms with Crippen molar-refractivity contribution in [3.63, 3.8) is 0 Å². The summed E-state index contributed by atoms with van der Waals surface area (Å²) in [5.41, 5.74) is 0.685. The maximum atomic E-state index is 11.7. The molecular formula is C14H24N2O2S. The molecule has 0 aliphatic carbocycles. The fourth-order valence-electron chi connectivity index (χ4n) is 2.09. The summed E-state index contributed by atoms with van der Waals surface area (Å²) in [5, 5.41) is 3.30. The van der Waals surface area contributed by atoms with Gasteiger partial charge >= 0.3 is 0 Å². The standard InChI is InChI=1S/C14H24N2O2S/c1-5-16(6-2)11-12(3)15-13-9-7-8-10-14(13)19(4,17)18/h7-10,12,15H,5-6,11H2,1-4H3. The normalized spacial score (nSPS) is 13.5. The minimum Gasteiger partial charge on any atom is -0.380 e. The lowest BCUT2D eigenvalue weighted by atomic mass is 10.2. The first-order valence-electron chi connectivity index (χ1n) is 6.66. The zero-order valence-electron chi connectivity index (χ0n) is 12.2. The van der Waals surface area contributed by atoms with Crippen LogP contribution in [0.5, 0.6) is 0 Å². The molecule has 1 N–H and O–H groups in total.